The van der Waals surface area contributed by atoms with Gasteiger partial charge in [0.1, 0.15) is 6.61 Å². The Bertz CT molecular complexity index is 155. The van der Waals surface area contributed by atoms with Gasteiger partial charge in [-0.3, -0.25) is 0 Å². The van der Waals surface area contributed by atoms with Crippen molar-refractivity contribution >= 4 is 14.2 Å². The Morgan fingerprint density at radius 2 is 2.09 bits per heavy atom. The molecule has 0 heterocycles. The van der Waals surface area contributed by atoms with Gasteiger partial charge in [-0.1, -0.05) is 13.8 Å². The van der Waals surface area contributed by atoms with E-state index in [1.54, 1.807) is 20.8 Å². The average molecular weight is 179 g/mol. The third kappa shape index (κ3) is 4.87. The molecule has 0 aliphatic carbocycles. The number of carbonyl (C=O) groups is 1. The predicted octanol–water partition coefficient (Wildman–Crippen LogP) is 1.88. The number of carbonyl (C=O) groups excluding carboxylic acids is 1. The zero-order valence-corrected chi connectivity index (χ0v) is 7.76. The van der Waals surface area contributed by atoms with Crippen LogP contribution in [0.4, 0.5) is 0 Å². The lowest BCUT2D eigenvalue weighted by atomic mass is 10.2. The second-order valence-electron chi connectivity index (χ2n) is 2.21. The van der Waals surface area contributed by atoms with E-state index in [4.69, 9.17) is 0 Å². The maximum atomic E-state index is 10.7. The van der Waals surface area contributed by atoms with Gasteiger partial charge in [0, 0.05) is 4.57 Å². The van der Waals surface area contributed by atoms with Gasteiger partial charge in [-0.05, 0) is 6.92 Å². The Morgan fingerprint density at radius 3 is 2.45 bits per heavy atom. The topological polar surface area (TPSA) is 52.6 Å². The van der Waals surface area contributed by atoms with Crippen LogP contribution < -0.4 is 0 Å². The first kappa shape index (κ1) is 10.5. The lowest BCUT2D eigenvalue weighted by Gasteiger charge is -1.93. The van der Waals surface area contributed by atoms with Crippen molar-refractivity contribution in [2.24, 2.45) is 5.92 Å². The first-order chi connectivity index (χ1) is 5.07. The van der Waals surface area contributed by atoms with E-state index in [1.807, 2.05) is 0 Å². The molecule has 64 valence electrons. The van der Waals surface area contributed by atoms with E-state index < -0.39 is 14.2 Å². The molecular formula is C6H12O4P+. The predicted molar refractivity (Wildman–Crippen MR) is 40.2 cm³/mol. The van der Waals surface area contributed by atoms with E-state index in [-0.39, 0.29) is 12.5 Å². The van der Waals surface area contributed by atoms with Gasteiger partial charge in [0.15, 0.2) is 0 Å². The van der Waals surface area contributed by atoms with Crippen molar-refractivity contribution in [2.75, 3.05) is 6.61 Å². The lowest BCUT2D eigenvalue weighted by molar-refractivity contribution is -0.137. The summed E-state index contributed by atoms with van der Waals surface area (Å²) >= 11 is 0. The highest BCUT2D eigenvalue weighted by atomic mass is 31.1. The van der Waals surface area contributed by atoms with E-state index >= 15 is 0 Å². The van der Waals surface area contributed by atoms with E-state index in [2.05, 4.69) is 9.05 Å². The van der Waals surface area contributed by atoms with Gasteiger partial charge in [-0.25, -0.2) is 4.79 Å². The Morgan fingerprint density at radius 1 is 1.55 bits per heavy atom. The molecule has 0 amide bonds. The Kier molecular flexibility index (Phi) is 4.99. The molecule has 0 saturated heterocycles. The van der Waals surface area contributed by atoms with E-state index in [0.29, 0.717) is 0 Å². The Hall–Kier alpha value is -0.470. The molecule has 0 radical (unpaired) electrons. The van der Waals surface area contributed by atoms with Crippen LogP contribution in [0.5, 0.6) is 0 Å². The number of hydrogen-bond donors (Lipinski definition) is 0. The summed E-state index contributed by atoms with van der Waals surface area (Å²) in [5.41, 5.74) is 0. The van der Waals surface area contributed by atoms with Crippen molar-refractivity contribution in [3.63, 3.8) is 0 Å². The third-order valence-electron chi connectivity index (χ3n) is 0.870. The van der Waals surface area contributed by atoms with Crippen LogP contribution >= 0.6 is 8.25 Å². The third-order valence-corrected chi connectivity index (χ3v) is 1.67. The first-order valence-electron chi connectivity index (χ1n) is 3.40. The lowest BCUT2D eigenvalue weighted by Crippen LogP contribution is -2.07. The zero-order chi connectivity index (χ0) is 8.85. The second kappa shape index (κ2) is 5.22. The smallest absolute Gasteiger partial charge is 0.246 e. The Balaban J connectivity index is 3.67. The number of hydrogen-bond acceptors (Lipinski definition) is 4. The molecule has 0 aliphatic heterocycles. The molecule has 0 saturated carbocycles. The van der Waals surface area contributed by atoms with Gasteiger partial charge in [-0.15, -0.1) is 4.52 Å². The van der Waals surface area contributed by atoms with Crippen LogP contribution in [0.2, 0.25) is 0 Å². The molecule has 0 aromatic carbocycles. The van der Waals surface area contributed by atoms with Crippen molar-refractivity contribution in [3.05, 3.63) is 0 Å². The SMILES string of the molecule is CCO[P+](=O)OC(=O)C(C)C. The Labute approximate surface area is 66.8 Å². The highest BCUT2D eigenvalue weighted by Crippen LogP contribution is 2.24. The molecule has 0 aromatic heterocycles. The maximum Gasteiger partial charge on any atom is 0.753 e. The van der Waals surface area contributed by atoms with Crippen LogP contribution in [-0.2, 0) is 18.4 Å². The van der Waals surface area contributed by atoms with Crippen LogP contribution in [0.25, 0.3) is 0 Å². The summed E-state index contributed by atoms with van der Waals surface area (Å²) in [4.78, 5) is 10.7. The van der Waals surface area contributed by atoms with E-state index in [9.17, 15) is 9.36 Å². The average Bonchev–Trinajstić information content (AvgIpc) is 1.87. The largest absolute Gasteiger partial charge is 0.753 e. The molecule has 0 rings (SSSR count). The van der Waals surface area contributed by atoms with Crippen LogP contribution in [-0.4, -0.2) is 12.6 Å². The maximum absolute atomic E-state index is 10.7. The van der Waals surface area contributed by atoms with Gasteiger partial charge in [0.05, 0.1) is 5.92 Å². The minimum Gasteiger partial charge on any atom is -0.246 e. The van der Waals surface area contributed by atoms with Gasteiger partial charge >= 0.3 is 14.2 Å². The van der Waals surface area contributed by atoms with Crippen LogP contribution in [0.1, 0.15) is 20.8 Å². The molecule has 1 unspecified atom stereocenters. The molecule has 0 N–H and O–H groups in total. The fourth-order valence-corrected chi connectivity index (χ4v) is 0.932. The standard InChI is InChI=1S/C6H12O4P/c1-4-9-11(8)10-6(7)5(2)3/h5H,4H2,1-3H3/q+1. The first-order valence-corrected chi connectivity index (χ1v) is 4.49. The molecule has 4 nitrogen and oxygen atoms in total. The van der Waals surface area contributed by atoms with Crippen molar-refractivity contribution in [3.8, 4) is 0 Å². The van der Waals surface area contributed by atoms with Crippen molar-refractivity contribution in [1.82, 2.24) is 0 Å². The molecule has 0 aliphatic rings. The summed E-state index contributed by atoms with van der Waals surface area (Å²) in [5, 5.41) is 0. The minimum absolute atomic E-state index is 0.269. The van der Waals surface area contributed by atoms with Crippen molar-refractivity contribution in [1.29, 1.82) is 0 Å². The normalized spacial score (nSPS) is 11.5. The molecule has 1 atom stereocenters. The van der Waals surface area contributed by atoms with Crippen molar-refractivity contribution < 1.29 is 18.4 Å². The summed E-state index contributed by atoms with van der Waals surface area (Å²) in [7, 11) is -2.25. The van der Waals surface area contributed by atoms with Gasteiger partial charge in [0.25, 0.3) is 0 Å². The minimum atomic E-state index is -2.25. The fourth-order valence-electron chi connectivity index (χ4n) is 0.311. The summed E-state index contributed by atoms with van der Waals surface area (Å²) in [6.07, 6.45) is 0. The van der Waals surface area contributed by atoms with Crippen LogP contribution in [0.15, 0.2) is 0 Å². The molecule has 5 heteroatoms. The summed E-state index contributed by atoms with van der Waals surface area (Å²) < 4.78 is 19.6. The highest BCUT2D eigenvalue weighted by molar-refractivity contribution is 7.34. The van der Waals surface area contributed by atoms with Crippen LogP contribution in [0.3, 0.4) is 0 Å². The van der Waals surface area contributed by atoms with Gasteiger partial charge < -0.3 is 0 Å². The summed E-state index contributed by atoms with van der Waals surface area (Å²) in [5.74, 6) is -0.769. The van der Waals surface area contributed by atoms with Crippen molar-refractivity contribution in [2.45, 2.75) is 20.8 Å². The summed E-state index contributed by atoms with van der Waals surface area (Å²) in [6, 6.07) is 0. The van der Waals surface area contributed by atoms with Gasteiger partial charge in [0.2, 0.25) is 0 Å². The zero-order valence-electron chi connectivity index (χ0n) is 6.86. The summed E-state index contributed by atoms with van der Waals surface area (Å²) in [6.45, 7) is 5.28. The fraction of sp³-hybridized carbons (Fsp3) is 0.833. The molecule has 11 heavy (non-hydrogen) atoms. The van der Waals surface area contributed by atoms with Crippen LogP contribution in [0, 0.1) is 5.92 Å². The molecule has 0 aromatic rings. The number of rotatable bonds is 4. The molecular weight excluding hydrogens is 167 g/mol. The van der Waals surface area contributed by atoms with Gasteiger partial charge in [-0.2, -0.15) is 4.52 Å². The highest BCUT2D eigenvalue weighted by Gasteiger charge is 2.26. The van der Waals surface area contributed by atoms with E-state index in [1.165, 1.54) is 0 Å². The molecule has 0 spiro atoms. The van der Waals surface area contributed by atoms with E-state index in [0.717, 1.165) is 0 Å². The molecule has 0 bridgehead atoms. The monoisotopic (exact) mass is 179 g/mol. The second-order valence-corrected chi connectivity index (χ2v) is 3.09. The molecule has 0 fully saturated rings. The quantitative estimate of drug-likeness (QED) is 0.618.